The first kappa shape index (κ1) is 26.0. The van der Waals surface area contributed by atoms with Crippen LogP contribution in [0.5, 0.6) is 5.88 Å². The predicted molar refractivity (Wildman–Crippen MR) is 136 cm³/mol. The van der Waals surface area contributed by atoms with Crippen LogP contribution >= 0.6 is 0 Å². The number of nitrogens with one attached hydrogen (secondary N) is 3. The molecule has 2 bridgehead atoms. The molecule has 5 rings (SSSR count). The Morgan fingerprint density at radius 3 is 2.76 bits per heavy atom. The smallest absolute Gasteiger partial charge is 0.323 e. The number of hydrogen-bond donors (Lipinski definition) is 3. The molecular weight excluding hydrogens is 498 g/mol. The summed E-state index contributed by atoms with van der Waals surface area (Å²) in [4.78, 5) is 40.7. The molecule has 11 nitrogen and oxygen atoms in total. The van der Waals surface area contributed by atoms with Crippen molar-refractivity contribution < 1.29 is 23.1 Å². The maximum Gasteiger partial charge on any atom is 0.323 e. The zero-order valence-electron chi connectivity index (χ0n) is 21.4. The molecule has 2 saturated heterocycles. The summed E-state index contributed by atoms with van der Waals surface area (Å²) in [6.07, 6.45) is 6.92. The lowest BCUT2D eigenvalue weighted by Crippen LogP contribution is -2.60. The number of carbonyl (C=O) groups excluding carboxylic acids is 2. The summed E-state index contributed by atoms with van der Waals surface area (Å²) >= 11 is 0. The number of piperidine rings is 2. The van der Waals surface area contributed by atoms with E-state index in [0.29, 0.717) is 36.0 Å². The summed E-state index contributed by atoms with van der Waals surface area (Å²) in [7, 11) is 1.33. The molecule has 3 N–H and O–H groups in total. The fraction of sp³-hybridized carbons (Fsp3) is 0.560. The average molecular weight is 531 g/mol. The molecule has 2 aromatic rings. The van der Waals surface area contributed by atoms with E-state index in [9.17, 15) is 18.4 Å². The van der Waals surface area contributed by atoms with Gasteiger partial charge in [-0.25, -0.2) is 28.5 Å². The molecule has 3 amide bonds. The molecule has 0 unspecified atom stereocenters. The van der Waals surface area contributed by atoms with Crippen LogP contribution in [0.2, 0.25) is 0 Å². The third kappa shape index (κ3) is 5.47. The lowest BCUT2D eigenvalue weighted by molar-refractivity contribution is -0.119. The van der Waals surface area contributed by atoms with Crippen molar-refractivity contribution in [2.24, 2.45) is 5.92 Å². The van der Waals surface area contributed by atoms with E-state index in [2.05, 4.69) is 30.9 Å². The first-order valence-corrected chi connectivity index (χ1v) is 12.9. The number of hydrogen-bond acceptors (Lipinski definition) is 8. The van der Waals surface area contributed by atoms with Gasteiger partial charge in [-0.3, -0.25) is 10.1 Å². The first-order chi connectivity index (χ1) is 18.2. The van der Waals surface area contributed by atoms with E-state index in [1.54, 1.807) is 30.2 Å². The van der Waals surface area contributed by atoms with Gasteiger partial charge in [-0.05, 0) is 38.2 Å². The van der Waals surface area contributed by atoms with Crippen LogP contribution in [0.15, 0.2) is 30.7 Å². The van der Waals surface area contributed by atoms with E-state index in [0.717, 1.165) is 24.2 Å². The minimum absolute atomic E-state index is 0.0572. The van der Waals surface area contributed by atoms with Gasteiger partial charge in [0.25, 0.3) is 5.92 Å². The van der Waals surface area contributed by atoms with E-state index >= 15 is 0 Å². The van der Waals surface area contributed by atoms with Crippen molar-refractivity contribution in [3.05, 3.63) is 30.7 Å². The number of aromatic nitrogens is 3. The molecule has 0 aromatic carbocycles. The molecule has 3 fully saturated rings. The fourth-order valence-corrected chi connectivity index (χ4v) is 5.48. The molecule has 204 valence electrons. The molecule has 1 aliphatic carbocycles. The number of pyridine rings is 1. The number of alkyl halides is 2. The number of halogens is 2. The molecule has 2 aliphatic heterocycles. The number of ether oxygens (including phenoxy) is 1. The first-order valence-electron chi connectivity index (χ1n) is 12.9. The van der Waals surface area contributed by atoms with Crippen LogP contribution in [-0.2, 0) is 4.79 Å². The lowest BCUT2D eigenvalue weighted by atomic mass is 9.99. The molecular formula is C25H32F2N8O3. The van der Waals surface area contributed by atoms with Crippen LogP contribution in [-0.4, -0.2) is 82.6 Å². The van der Waals surface area contributed by atoms with Gasteiger partial charge in [-0.15, -0.1) is 0 Å². The van der Waals surface area contributed by atoms with E-state index in [-0.39, 0.29) is 30.9 Å². The van der Waals surface area contributed by atoms with Gasteiger partial charge in [0.15, 0.2) is 5.82 Å². The highest BCUT2D eigenvalue weighted by Gasteiger charge is 2.48. The highest BCUT2D eigenvalue weighted by atomic mass is 19.3. The number of urea groups is 1. The molecule has 1 saturated carbocycles. The van der Waals surface area contributed by atoms with Gasteiger partial charge in [-0.1, -0.05) is 0 Å². The summed E-state index contributed by atoms with van der Waals surface area (Å²) in [5.41, 5.74) is 0.554. The maximum atomic E-state index is 15.0. The third-order valence-corrected chi connectivity index (χ3v) is 7.52. The third-order valence-electron chi connectivity index (χ3n) is 7.52. The second-order valence-electron chi connectivity index (χ2n) is 9.99. The SMILES string of the molecule is CCOc1cnc(NC(=O)N(C)[C@H]2CN(c3cc(NC(=O)[C@H]4N[C@@H]5CC[C@H]4C5)ccn3)CCC2(F)F)cn1. The highest BCUT2D eigenvalue weighted by molar-refractivity contribution is 5.95. The van der Waals surface area contributed by atoms with Gasteiger partial charge < -0.3 is 25.2 Å². The van der Waals surface area contributed by atoms with Gasteiger partial charge in [0, 0.05) is 50.6 Å². The summed E-state index contributed by atoms with van der Waals surface area (Å²) < 4.78 is 35.2. The van der Waals surface area contributed by atoms with Gasteiger partial charge >= 0.3 is 6.03 Å². The molecule has 2 aromatic heterocycles. The second-order valence-corrected chi connectivity index (χ2v) is 9.99. The summed E-state index contributed by atoms with van der Waals surface area (Å²) in [5, 5.41) is 8.82. The Morgan fingerprint density at radius 2 is 2.08 bits per heavy atom. The minimum Gasteiger partial charge on any atom is -0.477 e. The standard InChI is InChI=1S/C25H32F2N8O3/c1-3-38-21-13-29-19(12-30-21)33-24(37)34(2)18-14-35(9-7-25(18,26)27)20-11-17(6-8-28-20)32-23(36)22-15-4-5-16(10-15)31-22/h6,8,11-13,15-16,18,22,31H,3-5,7,9-10,14H2,1-2H3,(H,28,32,36)(H,29,33,37)/t15-,16+,18-,22-/m0/s1. The number of amides is 3. The van der Waals surface area contributed by atoms with E-state index in [1.807, 2.05) is 0 Å². The van der Waals surface area contributed by atoms with Gasteiger partial charge in [0.2, 0.25) is 11.8 Å². The Bertz CT molecular complexity index is 1170. The Labute approximate surface area is 219 Å². The van der Waals surface area contributed by atoms with Crippen LogP contribution in [0.3, 0.4) is 0 Å². The van der Waals surface area contributed by atoms with Crippen molar-refractivity contribution in [1.82, 2.24) is 25.2 Å². The Kier molecular flexibility index (Phi) is 7.28. The average Bonchev–Trinajstić information content (AvgIpc) is 3.54. The van der Waals surface area contributed by atoms with Gasteiger partial charge in [0.1, 0.15) is 11.9 Å². The number of likely N-dealkylation sites (N-methyl/N-ethyl adjacent to an activating group) is 1. The van der Waals surface area contributed by atoms with Crippen molar-refractivity contribution >= 4 is 29.3 Å². The topological polar surface area (TPSA) is 125 Å². The fourth-order valence-electron chi connectivity index (χ4n) is 5.48. The van der Waals surface area contributed by atoms with Gasteiger partial charge in [-0.2, -0.15) is 0 Å². The Balaban J connectivity index is 1.23. The number of nitrogens with zero attached hydrogens (tertiary/aromatic N) is 5. The maximum absolute atomic E-state index is 15.0. The Hall–Kier alpha value is -3.61. The van der Waals surface area contributed by atoms with Crippen LogP contribution in [0.25, 0.3) is 0 Å². The summed E-state index contributed by atoms with van der Waals surface area (Å²) in [6, 6.07) is 1.41. The van der Waals surface area contributed by atoms with Crippen LogP contribution in [0.1, 0.15) is 32.6 Å². The molecule has 0 radical (unpaired) electrons. The lowest BCUT2D eigenvalue weighted by Gasteiger charge is -2.42. The zero-order chi connectivity index (χ0) is 26.9. The highest BCUT2D eigenvalue weighted by Crippen LogP contribution is 2.36. The van der Waals surface area contributed by atoms with Crippen LogP contribution in [0, 0.1) is 5.92 Å². The van der Waals surface area contributed by atoms with E-state index in [4.69, 9.17) is 4.74 Å². The van der Waals surface area contributed by atoms with E-state index < -0.39 is 24.4 Å². The second kappa shape index (κ2) is 10.6. The number of rotatable bonds is 7. The molecule has 4 atom stereocenters. The van der Waals surface area contributed by atoms with Gasteiger partial charge in [0.05, 0.1) is 25.0 Å². The monoisotopic (exact) mass is 530 g/mol. The molecule has 4 heterocycles. The van der Waals surface area contributed by atoms with Crippen molar-refractivity contribution in [2.75, 3.05) is 42.3 Å². The normalized spacial score (nSPS) is 25.6. The van der Waals surface area contributed by atoms with Crippen LogP contribution in [0.4, 0.5) is 30.9 Å². The number of carbonyl (C=O) groups is 2. The van der Waals surface area contributed by atoms with Crippen molar-refractivity contribution in [2.45, 2.75) is 56.7 Å². The van der Waals surface area contributed by atoms with Crippen LogP contribution < -0.4 is 25.6 Å². The van der Waals surface area contributed by atoms with Crippen molar-refractivity contribution in [3.8, 4) is 5.88 Å². The largest absolute Gasteiger partial charge is 0.477 e. The summed E-state index contributed by atoms with van der Waals surface area (Å²) in [6.45, 7) is 2.14. The van der Waals surface area contributed by atoms with Crippen molar-refractivity contribution in [3.63, 3.8) is 0 Å². The quantitative estimate of drug-likeness (QED) is 0.499. The minimum atomic E-state index is -3.10. The summed E-state index contributed by atoms with van der Waals surface area (Å²) in [5.74, 6) is -1.97. The molecule has 38 heavy (non-hydrogen) atoms. The van der Waals surface area contributed by atoms with E-state index in [1.165, 1.54) is 19.4 Å². The molecule has 0 spiro atoms. The molecule has 13 heteroatoms. The number of fused-ring (bicyclic) bond motifs is 2. The molecule has 3 aliphatic rings. The van der Waals surface area contributed by atoms with Crippen molar-refractivity contribution in [1.29, 1.82) is 0 Å². The number of anilines is 3. The Morgan fingerprint density at radius 1 is 1.24 bits per heavy atom. The zero-order valence-corrected chi connectivity index (χ0v) is 21.4. The predicted octanol–water partition coefficient (Wildman–Crippen LogP) is 2.73.